The quantitative estimate of drug-likeness (QED) is 0.724. The second-order valence-corrected chi connectivity index (χ2v) is 5.30. The first-order valence-corrected chi connectivity index (χ1v) is 6.22. The van der Waals surface area contributed by atoms with Crippen molar-refractivity contribution in [2.75, 3.05) is 13.1 Å². The summed E-state index contributed by atoms with van der Waals surface area (Å²) in [6, 6.07) is 0. The molecule has 0 spiro atoms. The van der Waals surface area contributed by atoms with Gasteiger partial charge >= 0.3 is 0 Å². The molecule has 0 aromatic carbocycles. The Morgan fingerprint density at radius 2 is 2.07 bits per heavy atom. The van der Waals surface area contributed by atoms with Crippen LogP contribution in [0.2, 0.25) is 0 Å². The minimum Gasteiger partial charge on any atom is -0.351 e. The number of carbonyl (C=O) groups excluding carboxylic acids is 1. The lowest BCUT2D eigenvalue weighted by molar-refractivity contribution is -0.127. The minimum absolute atomic E-state index is 0.0918. The number of hydrogen-bond acceptors (Lipinski definition) is 2. The van der Waals surface area contributed by atoms with Crippen molar-refractivity contribution in [2.45, 2.75) is 51.0 Å². The normalized spacial score (nSPS) is 30.1. The number of amides is 1. The molecule has 2 aliphatic rings. The molecule has 1 saturated carbocycles. The largest absolute Gasteiger partial charge is 0.351 e. The Kier molecular flexibility index (Phi) is 3.29. The molecule has 1 aliphatic heterocycles. The van der Waals surface area contributed by atoms with Gasteiger partial charge in [-0.05, 0) is 39.2 Å². The van der Waals surface area contributed by atoms with E-state index in [1.54, 1.807) is 0 Å². The zero-order valence-corrected chi connectivity index (χ0v) is 9.64. The highest BCUT2D eigenvalue weighted by Crippen LogP contribution is 2.29. The molecule has 1 heterocycles. The molecule has 2 fully saturated rings. The summed E-state index contributed by atoms with van der Waals surface area (Å²) >= 11 is 0. The molecule has 2 rings (SSSR count). The van der Waals surface area contributed by atoms with Crippen molar-refractivity contribution in [3.8, 4) is 0 Å². The molecular formula is C12H22N2O. The Morgan fingerprint density at radius 3 is 2.67 bits per heavy atom. The molecule has 0 unspecified atom stereocenters. The molecule has 1 amide bonds. The van der Waals surface area contributed by atoms with E-state index in [9.17, 15) is 4.79 Å². The number of carbonyl (C=O) groups is 1. The smallest absolute Gasteiger partial charge is 0.224 e. The molecule has 86 valence electrons. The van der Waals surface area contributed by atoms with Gasteiger partial charge in [-0.3, -0.25) is 4.79 Å². The van der Waals surface area contributed by atoms with Gasteiger partial charge in [0.15, 0.2) is 0 Å². The van der Waals surface area contributed by atoms with E-state index >= 15 is 0 Å². The molecule has 15 heavy (non-hydrogen) atoms. The number of nitrogens with one attached hydrogen (secondary N) is 2. The third-order valence-electron chi connectivity index (χ3n) is 3.80. The van der Waals surface area contributed by atoms with Crippen LogP contribution in [-0.2, 0) is 4.79 Å². The maximum atomic E-state index is 12.0. The molecule has 1 aliphatic carbocycles. The predicted octanol–water partition coefficient (Wildman–Crippen LogP) is 1.43. The van der Waals surface area contributed by atoms with Gasteiger partial charge < -0.3 is 10.6 Å². The molecule has 0 bridgehead atoms. The van der Waals surface area contributed by atoms with Crippen LogP contribution in [-0.4, -0.2) is 24.5 Å². The van der Waals surface area contributed by atoms with Crippen LogP contribution in [0.4, 0.5) is 0 Å². The zero-order chi connectivity index (χ0) is 10.7. The Labute approximate surface area is 92.0 Å². The summed E-state index contributed by atoms with van der Waals surface area (Å²) in [7, 11) is 0. The molecule has 3 nitrogen and oxygen atoms in total. The molecule has 1 saturated heterocycles. The van der Waals surface area contributed by atoms with Gasteiger partial charge in [0, 0.05) is 12.1 Å². The van der Waals surface area contributed by atoms with Crippen LogP contribution < -0.4 is 10.6 Å². The average Bonchev–Trinajstić information content (AvgIpc) is 2.66. The lowest BCUT2D eigenvalue weighted by Gasteiger charge is -2.29. The standard InChI is InChI=1S/C12H22N2O/c1-12(6-2-3-7-12)14-11(15)10-5-4-8-13-9-10/h10,13H,2-9H2,1H3,(H,14,15)/t10-/m1/s1. The summed E-state index contributed by atoms with van der Waals surface area (Å²) in [4.78, 5) is 12.0. The van der Waals surface area contributed by atoms with Gasteiger partial charge in [0.25, 0.3) is 0 Å². The van der Waals surface area contributed by atoms with Gasteiger partial charge in [-0.2, -0.15) is 0 Å². The van der Waals surface area contributed by atoms with Crippen molar-refractivity contribution in [3.05, 3.63) is 0 Å². The summed E-state index contributed by atoms with van der Waals surface area (Å²) in [5.41, 5.74) is 0.0918. The van der Waals surface area contributed by atoms with Crippen molar-refractivity contribution in [3.63, 3.8) is 0 Å². The van der Waals surface area contributed by atoms with E-state index in [4.69, 9.17) is 0 Å². The third-order valence-corrected chi connectivity index (χ3v) is 3.80. The van der Waals surface area contributed by atoms with Gasteiger partial charge in [0.2, 0.25) is 5.91 Å². The summed E-state index contributed by atoms with van der Waals surface area (Å²) in [5.74, 6) is 0.475. The summed E-state index contributed by atoms with van der Waals surface area (Å²) in [6.07, 6.45) is 7.01. The van der Waals surface area contributed by atoms with E-state index < -0.39 is 0 Å². The fraction of sp³-hybridized carbons (Fsp3) is 0.917. The monoisotopic (exact) mass is 210 g/mol. The van der Waals surface area contributed by atoms with Crippen molar-refractivity contribution in [1.82, 2.24) is 10.6 Å². The van der Waals surface area contributed by atoms with E-state index in [1.165, 1.54) is 12.8 Å². The van der Waals surface area contributed by atoms with Crippen molar-refractivity contribution in [2.24, 2.45) is 5.92 Å². The topological polar surface area (TPSA) is 41.1 Å². The predicted molar refractivity (Wildman–Crippen MR) is 60.6 cm³/mol. The van der Waals surface area contributed by atoms with Crippen LogP contribution in [0.3, 0.4) is 0 Å². The highest BCUT2D eigenvalue weighted by molar-refractivity contribution is 5.79. The zero-order valence-electron chi connectivity index (χ0n) is 9.64. The van der Waals surface area contributed by atoms with E-state index in [-0.39, 0.29) is 17.4 Å². The second kappa shape index (κ2) is 4.52. The number of rotatable bonds is 2. The molecular weight excluding hydrogens is 188 g/mol. The molecule has 3 heteroatoms. The van der Waals surface area contributed by atoms with Crippen molar-refractivity contribution in [1.29, 1.82) is 0 Å². The fourth-order valence-corrected chi connectivity index (χ4v) is 2.76. The van der Waals surface area contributed by atoms with E-state index in [2.05, 4.69) is 17.6 Å². The Hall–Kier alpha value is -0.570. The maximum absolute atomic E-state index is 12.0. The third kappa shape index (κ3) is 2.71. The maximum Gasteiger partial charge on any atom is 0.224 e. The number of hydrogen-bond donors (Lipinski definition) is 2. The first kappa shape index (κ1) is 10.9. The van der Waals surface area contributed by atoms with Crippen molar-refractivity contribution >= 4 is 5.91 Å². The van der Waals surface area contributed by atoms with Crippen LogP contribution in [0.1, 0.15) is 45.4 Å². The molecule has 1 atom stereocenters. The van der Waals surface area contributed by atoms with Gasteiger partial charge in [0.05, 0.1) is 5.92 Å². The van der Waals surface area contributed by atoms with Crippen LogP contribution >= 0.6 is 0 Å². The van der Waals surface area contributed by atoms with Crippen molar-refractivity contribution < 1.29 is 4.79 Å². The number of piperidine rings is 1. The summed E-state index contributed by atoms with van der Waals surface area (Å²) < 4.78 is 0. The fourth-order valence-electron chi connectivity index (χ4n) is 2.76. The second-order valence-electron chi connectivity index (χ2n) is 5.30. The van der Waals surface area contributed by atoms with E-state index in [0.29, 0.717) is 0 Å². The van der Waals surface area contributed by atoms with Gasteiger partial charge in [0.1, 0.15) is 0 Å². The first-order chi connectivity index (χ1) is 7.20. The van der Waals surface area contributed by atoms with E-state index in [1.807, 2.05) is 0 Å². The first-order valence-electron chi connectivity index (χ1n) is 6.22. The SMILES string of the molecule is CC1(NC(=O)[C@@H]2CCCNC2)CCCC1. The van der Waals surface area contributed by atoms with Gasteiger partial charge in [-0.1, -0.05) is 12.8 Å². The lowest BCUT2D eigenvalue weighted by Crippen LogP contribution is -2.49. The highest BCUT2D eigenvalue weighted by atomic mass is 16.2. The summed E-state index contributed by atoms with van der Waals surface area (Å²) in [5, 5.41) is 6.54. The lowest BCUT2D eigenvalue weighted by atomic mass is 9.95. The van der Waals surface area contributed by atoms with Crippen LogP contribution in [0.25, 0.3) is 0 Å². The minimum atomic E-state index is 0.0918. The van der Waals surface area contributed by atoms with Crippen LogP contribution in [0, 0.1) is 5.92 Å². The van der Waals surface area contributed by atoms with E-state index in [0.717, 1.165) is 38.8 Å². The van der Waals surface area contributed by atoms with Crippen LogP contribution in [0.5, 0.6) is 0 Å². The Bertz CT molecular complexity index is 228. The van der Waals surface area contributed by atoms with Gasteiger partial charge in [-0.15, -0.1) is 0 Å². The van der Waals surface area contributed by atoms with Gasteiger partial charge in [-0.25, -0.2) is 0 Å². The molecule has 2 N–H and O–H groups in total. The molecule has 0 aromatic rings. The highest BCUT2D eigenvalue weighted by Gasteiger charge is 2.32. The average molecular weight is 210 g/mol. The summed E-state index contributed by atoms with van der Waals surface area (Å²) in [6.45, 7) is 4.12. The Morgan fingerprint density at radius 1 is 1.33 bits per heavy atom. The molecule has 0 aromatic heterocycles. The molecule has 0 radical (unpaired) electrons. The van der Waals surface area contributed by atoms with Crippen LogP contribution in [0.15, 0.2) is 0 Å². The Balaban J connectivity index is 1.85.